The van der Waals surface area contributed by atoms with Gasteiger partial charge in [0.05, 0.1) is 16.9 Å². The van der Waals surface area contributed by atoms with Crippen LogP contribution in [0.2, 0.25) is 0 Å². The molecule has 0 radical (unpaired) electrons. The zero-order chi connectivity index (χ0) is 14.8. The Hall–Kier alpha value is -2.69. The number of carbonyl (C=O) groups excluding carboxylic acids is 1. The highest BCUT2D eigenvalue weighted by Crippen LogP contribution is 2.22. The van der Waals surface area contributed by atoms with Crippen molar-refractivity contribution < 1.29 is 4.79 Å². The van der Waals surface area contributed by atoms with Crippen molar-refractivity contribution >= 4 is 22.5 Å². The summed E-state index contributed by atoms with van der Waals surface area (Å²) in [7, 11) is 1.78. The number of fused-ring (bicyclic) bond motifs is 1. The molecule has 0 aliphatic carbocycles. The predicted octanol–water partition coefficient (Wildman–Crippen LogP) is 2.78. The van der Waals surface area contributed by atoms with Gasteiger partial charge in [-0.3, -0.25) is 14.5 Å². The van der Waals surface area contributed by atoms with Crippen LogP contribution in [-0.4, -0.2) is 20.7 Å². The molecule has 3 aromatic rings. The molecule has 2 aromatic heterocycles. The molecule has 0 aliphatic rings. The third-order valence-corrected chi connectivity index (χ3v) is 3.42. The van der Waals surface area contributed by atoms with E-state index in [0.717, 1.165) is 28.7 Å². The average Bonchev–Trinajstić information content (AvgIpc) is 2.89. The molecule has 3 rings (SSSR count). The minimum absolute atomic E-state index is 0.166. The van der Waals surface area contributed by atoms with Crippen molar-refractivity contribution in [1.29, 1.82) is 0 Å². The van der Waals surface area contributed by atoms with Gasteiger partial charge in [0.15, 0.2) is 0 Å². The van der Waals surface area contributed by atoms with Crippen LogP contribution in [0.3, 0.4) is 0 Å². The van der Waals surface area contributed by atoms with Crippen molar-refractivity contribution in [1.82, 2.24) is 14.8 Å². The second-order valence-electron chi connectivity index (χ2n) is 4.83. The van der Waals surface area contributed by atoms with E-state index in [1.807, 2.05) is 43.3 Å². The van der Waals surface area contributed by atoms with Crippen LogP contribution < -0.4 is 5.32 Å². The number of carbonyl (C=O) groups is 1. The molecule has 2 heterocycles. The molecular weight excluding hydrogens is 264 g/mol. The summed E-state index contributed by atoms with van der Waals surface area (Å²) < 4.78 is 1.61. The fourth-order valence-corrected chi connectivity index (χ4v) is 2.31. The summed E-state index contributed by atoms with van der Waals surface area (Å²) in [6.45, 7) is 2.01. The van der Waals surface area contributed by atoms with Crippen LogP contribution in [0, 0.1) is 0 Å². The molecule has 0 unspecified atom stereocenters. The van der Waals surface area contributed by atoms with Crippen LogP contribution in [0.1, 0.15) is 23.1 Å². The molecule has 21 heavy (non-hydrogen) atoms. The van der Waals surface area contributed by atoms with Crippen molar-refractivity contribution in [3.8, 4) is 0 Å². The molecule has 106 valence electrons. The molecule has 5 heteroatoms. The van der Waals surface area contributed by atoms with Crippen molar-refractivity contribution in [2.24, 2.45) is 7.05 Å². The van der Waals surface area contributed by atoms with Gasteiger partial charge in [0.25, 0.3) is 5.91 Å². The number of aryl methyl sites for hydroxylation is 2. The first-order valence-electron chi connectivity index (χ1n) is 6.87. The Balaban J connectivity index is 1.94. The van der Waals surface area contributed by atoms with E-state index in [-0.39, 0.29) is 5.91 Å². The Morgan fingerprint density at radius 2 is 2.14 bits per heavy atom. The Kier molecular flexibility index (Phi) is 3.39. The van der Waals surface area contributed by atoms with E-state index in [0.29, 0.717) is 5.69 Å². The smallest absolute Gasteiger partial charge is 0.273 e. The normalized spacial score (nSPS) is 10.8. The zero-order valence-electron chi connectivity index (χ0n) is 12.0. The Labute approximate surface area is 122 Å². The lowest BCUT2D eigenvalue weighted by atomic mass is 10.2. The second-order valence-corrected chi connectivity index (χ2v) is 4.83. The number of pyridine rings is 1. The highest BCUT2D eigenvalue weighted by Gasteiger charge is 2.14. The Bertz CT molecular complexity index is 802. The first kappa shape index (κ1) is 13.3. The summed E-state index contributed by atoms with van der Waals surface area (Å²) in [5.41, 5.74) is 3.06. The molecule has 0 aliphatic heterocycles. The number of anilines is 1. The standard InChI is InChI=1S/C16H16N4O/c1-3-11-10-15(20(2)19-11)16(21)18-14-8-4-7-13-12(14)6-5-9-17-13/h4-10H,3H2,1-2H3,(H,18,21). The van der Waals surface area contributed by atoms with Crippen LogP contribution in [0.5, 0.6) is 0 Å². The summed E-state index contributed by atoms with van der Waals surface area (Å²) in [6, 6.07) is 11.3. The van der Waals surface area contributed by atoms with E-state index < -0.39 is 0 Å². The van der Waals surface area contributed by atoms with Gasteiger partial charge in [-0.05, 0) is 36.8 Å². The fourth-order valence-electron chi connectivity index (χ4n) is 2.31. The highest BCUT2D eigenvalue weighted by atomic mass is 16.2. The maximum atomic E-state index is 12.4. The second kappa shape index (κ2) is 5.36. The number of hydrogen-bond acceptors (Lipinski definition) is 3. The lowest BCUT2D eigenvalue weighted by Crippen LogP contribution is -2.16. The van der Waals surface area contributed by atoms with Crippen LogP contribution in [0.15, 0.2) is 42.6 Å². The molecule has 0 spiro atoms. The monoisotopic (exact) mass is 280 g/mol. The van der Waals surface area contributed by atoms with Crippen LogP contribution in [0.4, 0.5) is 5.69 Å². The predicted molar refractivity (Wildman–Crippen MR) is 82.3 cm³/mol. The molecule has 0 atom stereocenters. The molecule has 0 fully saturated rings. The average molecular weight is 280 g/mol. The topological polar surface area (TPSA) is 59.8 Å². The van der Waals surface area contributed by atoms with Gasteiger partial charge in [0.2, 0.25) is 0 Å². The summed E-state index contributed by atoms with van der Waals surface area (Å²) in [6.07, 6.45) is 2.54. The van der Waals surface area contributed by atoms with Crippen LogP contribution >= 0.6 is 0 Å². The van der Waals surface area contributed by atoms with Gasteiger partial charge in [-0.15, -0.1) is 0 Å². The van der Waals surface area contributed by atoms with Crippen LogP contribution in [-0.2, 0) is 13.5 Å². The van der Waals surface area contributed by atoms with E-state index in [2.05, 4.69) is 15.4 Å². The van der Waals surface area contributed by atoms with Gasteiger partial charge in [0, 0.05) is 18.6 Å². The Morgan fingerprint density at radius 3 is 2.90 bits per heavy atom. The molecule has 0 saturated heterocycles. The number of rotatable bonds is 3. The largest absolute Gasteiger partial charge is 0.320 e. The number of nitrogens with one attached hydrogen (secondary N) is 1. The van der Waals surface area contributed by atoms with Crippen molar-refractivity contribution in [3.63, 3.8) is 0 Å². The maximum absolute atomic E-state index is 12.4. The summed E-state index contributed by atoms with van der Waals surface area (Å²) in [4.78, 5) is 16.7. The van der Waals surface area contributed by atoms with Gasteiger partial charge in [-0.1, -0.05) is 13.0 Å². The van der Waals surface area contributed by atoms with Gasteiger partial charge in [-0.2, -0.15) is 5.10 Å². The third kappa shape index (κ3) is 2.50. The quantitative estimate of drug-likeness (QED) is 0.802. The summed E-state index contributed by atoms with van der Waals surface area (Å²) in [5.74, 6) is -0.166. The summed E-state index contributed by atoms with van der Waals surface area (Å²) in [5, 5.41) is 8.16. The lowest BCUT2D eigenvalue weighted by Gasteiger charge is -2.08. The molecule has 0 bridgehead atoms. The SMILES string of the molecule is CCc1cc(C(=O)Nc2cccc3ncccc23)n(C)n1. The first-order valence-corrected chi connectivity index (χ1v) is 6.87. The van der Waals surface area contributed by atoms with Gasteiger partial charge in [-0.25, -0.2) is 0 Å². The number of benzene rings is 1. The van der Waals surface area contributed by atoms with Crippen molar-refractivity contribution in [2.75, 3.05) is 5.32 Å². The maximum Gasteiger partial charge on any atom is 0.273 e. The lowest BCUT2D eigenvalue weighted by molar-refractivity contribution is 0.101. The van der Waals surface area contributed by atoms with Crippen molar-refractivity contribution in [3.05, 3.63) is 54.0 Å². The van der Waals surface area contributed by atoms with Gasteiger partial charge in [0.1, 0.15) is 5.69 Å². The van der Waals surface area contributed by atoms with E-state index in [1.54, 1.807) is 17.9 Å². The van der Waals surface area contributed by atoms with E-state index in [9.17, 15) is 4.79 Å². The highest BCUT2D eigenvalue weighted by molar-refractivity contribution is 6.07. The zero-order valence-corrected chi connectivity index (χ0v) is 12.0. The third-order valence-electron chi connectivity index (χ3n) is 3.42. The van der Waals surface area contributed by atoms with Gasteiger partial charge < -0.3 is 5.32 Å². The van der Waals surface area contributed by atoms with E-state index >= 15 is 0 Å². The van der Waals surface area contributed by atoms with E-state index in [1.165, 1.54) is 0 Å². The van der Waals surface area contributed by atoms with Crippen molar-refractivity contribution in [2.45, 2.75) is 13.3 Å². The minimum Gasteiger partial charge on any atom is -0.320 e. The number of aromatic nitrogens is 3. The van der Waals surface area contributed by atoms with E-state index in [4.69, 9.17) is 0 Å². The fraction of sp³-hybridized carbons (Fsp3) is 0.188. The molecule has 1 N–H and O–H groups in total. The minimum atomic E-state index is -0.166. The molecule has 1 aromatic carbocycles. The van der Waals surface area contributed by atoms with Crippen LogP contribution in [0.25, 0.3) is 10.9 Å². The molecule has 5 nitrogen and oxygen atoms in total. The molecular formula is C16H16N4O. The molecule has 1 amide bonds. The number of hydrogen-bond donors (Lipinski definition) is 1. The first-order chi connectivity index (χ1) is 10.2. The summed E-state index contributed by atoms with van der Waals surface area (Å²) >= 11 is 0. The number of amides is 1. The Morgan fingerprint density at radius 1 is 1.29 bits per heavy atom. The van der Waals surface area contributed by atoms with Gasteiger partial charge >= 0.3 is 0 Å². The number of nitrogens with zero attached hydrogens (tertiary/aromatic N) is 3. The molecule has 0 saturated carbocycles.